The lowest BCUT2D eigenvalue weighted by molar-refractivity contribution is -0.117. The Morgan fingerprint density at radius 3 is 2.59 bits per heavy atom. The Kier molecular flexibility index (Phi) is 5.88. The molecule has 3 aromatic heterocycles. The third-order valence-electron chi connectivity index (χ3n) is 5.25. The molecule has 5 aromatic rings. The molecule has 0 fully saturated rings. The number of nitrogens with zero attached hydrogens (tertiary/aromatic N) is 4. The van der Waals surface area contributed by atoms with Crippen LogP contribution in [0.3, 0.4) is 0 Å². The van der Waals surface area contributed by atoms with Crippen LogP contribution in [-0.2, 0) is 17.8 Å². The number of nitrogens with one attached hydrogen (secondary N) is 1. The molecular formula is C25H18ClN5O3. The molecule has 2 aromatic carbocycles. The number of carbonyl (C=O) groups is 1. The lowest BCUT2D eigenvalue weighted by Crippen LogP contribution is -2.30. The molecule has 0 saturated heterocycles. The summed E-state index contributed by atoms with van der Waals surface area (Å²) >= 11 is 6.03. The topological polar surface area (TPSA) is 103 Å². The Balaban J connectivity index is 1.40. The third-order valence-corrected chi connectivity index (χ3v) is 5.49. The summed E-state index contributed by atoms with van der Waals surface area (Å²) in [5, 5.41) is 12.9. The molecule has 5 rings (SSSR count). The average Bonchev–Trinajstić information content (AvgIpc) is 3.31. The Bertz CT molecular complexity index is 1550. The van der Waals surface area contributed by atoms with Crippen molar-refractivity contribution in [2.45, 2.75) is 13.0 Å². The van der Waals surface area contributed by atoms with Crippen LogP contribution in [-0.4, -0.2) is 25.8 Å². The van der Waals surface area contributed by atoms with Gasteiger partial charge in [0.05, 0.1) is 11.1 Å². The van der Waals surface area contributed by atoms with E-state index in [1.807, 2.05) is 30.3 Å². The van der Waals surface area contributed by atoms with Gasteiger partial charge in [0.2, 0.25) is 11.8 Å². The molecule has 1 amide bonds. The summed E-state index contributed by atoms with van der Waals surface area (Å²) in [6.07, 6.45) is 3.90. The Hall–Kier alpha value is -4.30. The van der Waals surface area contributed by atoms with Gasteiger partial charge in [-0.05, 0) is 35.9 Å². The quantitative estimate of drug-likeness (QED) is 0.395. The van der Waals surface area contributed by atoms with Gasteiger partial charge < -0.3 is 4.52 Å². The number of fused-ring (bicyclic) bond motifs is 1. The van der Waals surface area contributed by atoms with Crippen molar-refractivity contribution in [3.05, 3.63) is 106 Å². The van der Waals surface area contributed by atoms with Gasteiger partial charge in [0, 0.05) is 40.9 Å². The first-order valence-electron chi connectivity index (χ1n) is 10.5. The number of pyridine rings is 1. The van der Waals surface area contributed by atoms with E-state index in [-0.39, 0.29) is 18.0 Å². The van der Waals surface area contributed by atoms with Crippen molar-refractivity contribution in [2.24, 2.45) is 0 Å². The molecule has 0 aliphatic rings. The summed E-state index contributed by atoms with van der Waals surface area (Å²) in [5.41, 5.74) is 2.62. The predicted octanol–water partition coefficient (Wildman–Crippen LogP) is 4.33. The van der Waals surface area contributed by atoms with Crippen LogP contribution in [0.4, 0.5) is 5.88 Å². The maximum Gasteiger partial charge on any atom is 0.275 e. The normalized spacial score (nSPS) is 11.0. The van der Waals surface area contributed by atoms with Gasteiger partial charge in [0.1, 0.15) is 12.2 Å². The zero-order valence-electron chi connectivity index (χ0n) is 17.8. The summed E-state index contributed by atoms with van der Waals surface area (Å²) in [6.45, 7) is -0.278. The smallest absolute Gasteiger partial charge is 0.275 e. The van der Waals surface area contributed by atoms with E-state index < -0.39 is 5.91 Å². The second kappa shape index (κ2) is 9.29. The van der Waals surface area contributed by atoms with Gasteiger partial charge in [0.25, 0.3) is 5.56 Å². The molecule has 0 aliphatic carbocycles. The van der Waals surface area contributed by atoms with Crippen LogP contribution in [0.2, 0.25) is 5.02 Å². The summed E-state index contributed by atoms with van der Waals surface area (Å²) in [6, 6.07) is 19.7. The van der Waals surface area contributed by atoms with Gasteiger partial charge in [-0.3, -0.25) is 19.9 Å². The minimum atomic E-state index is -0.464. The molecular weight excluding hydrogens is 454 g/mol. The molecule has 0 radical (unpaired) electrons. The maximum absolute atomic E-state index is 13.0. The number of aromatic nitrogens is 4. The summed E-state index contributed by atoms with van der Waals surface area (Å²) < 4.78 is 6.40. The van der Waals surface area contributed by atoms with Gasteiger partial charge >= 0.3 is 0 Å². The van der Waals surface area contributed by atoms with Gasteiger partial charge in [-0.2, -0.15) is 5.10 Å². The summed E-state index contributed by atoms with van der Waals surface area (Å²) in [4.78, 5) is 29.8. The van der Waals surface area contributed by atoms with E-state index in [1.54, 1.807) is 48.8 Å². The second-order valence-corrected chi connectivity index (χ2v) is 8.06. The van der Waals surface area contributed by atoms with Gasteiger partial charge in [-0.25, -0.2) is 4.68 Å². The van der Waals surface area contributed by atoms with Crippen molar-refractivity contribution in [1.29, 1.82) is 0 Å². The number of amides is 1. The Morgan fingerprint density at radius 1 is 1.00 bits per heavy atom. The fourth-order valence-corrected chi connectivity index (χ4v) is 3.86. The highest BCUT2D eigenvalue weighted by atomic mass is 35.5. The molecule has 34 heavy (non-hydrogen) atoms. The molecule has 3 heterocycles. The van der Waals surface area contributed by atoms with Crippen molar-refractivity contribution in [2.75, 3.05) is 5.32 Å². The highest BCUT2D eigenvalue weighted by molar-refractivity contribution is 6.30. The first-order valence-corrected chi connectivity index (χ1v) is 10.8. The molecule has 0 aliphatic heterocycles. The van der Waals surface area contributed by atoms with E-state index in [4.69, 9.17) is 16.1 Å². The molecule has 0 saturated carbocycles. The molecule has 9 heteroatoms. The summed E-state index contributed by atoms with van der Waals surface area (Å²) in [7, 11) is 0. The van der Waals surface area contributed by atoms with E-state index in [0.717, 1.165) is 16.5 Å². The molecule has 0 bridgehead atoms. The third kappa shape index (κ3) is 4.57. The highest BCUT2D eigenvalue weighted by Gasteiger charge is 2.15. The standard InChI is InChI=1S/C25H18ClN5O3/c26-18-5-3-4-17(13-18)21-14-24(34-30-21)28-23(32)15-31-25(33)20-7-2-1-6-19(20)22(29-31)12-16-8-10-27-11-9-16/h1-11,13-14H,12,15H2,(H,28,32). The van der Waals surface area contributed by atoms with E-state index in [1.165, 1.54) is 4.68 Å². The van der Waals surface area contributed by atoms with E-state index >= 15 is 0 Å². The van der Waals surface area contributed by atoms with Crippen LogP contribution in [0, 0.1) is 0 Å². The van der Waals surface area contributed by atoms with Gasteiger partial charge in [-0.15, -0.1) is 0 Å². The van der Waals surface area contributed by atoms with Crippen LogP contribution in [0.15, 0.2) is 88.4 Å². The fraction of sp³-hybridized carbons (Fsp3) is 0.0800. The number of hydrogen-bond acceptors (Lipinski definition) is 6. The SMILES string of the molecule is O=C(Cn1nc(Cc2ccncc2)c2ccccc2c1=O)Nc1cc(-c2cccc(Cl)c2)no1. The van der Waals surface area contributed by atoms with Crippen LogP contribution < -0.4 is 10.9 Å². The first kappa shape index (κ1) is 21.5. The average molecular weight is 472 g/mol. The molecule has 0 spiro atoms. The van der Waals surface area contributed by atoms with Gasteiger partial charge in [0.15, 0.2) is 0 Å². The molecule has 8 nitrogen and oxygen atoms in total. The minimum absolute atomic E-state index is 0.158. The van der Waals surface area contributed by atoms with Crippen LogP contribution in [0.5, 0.6) is 0 Å². The van der Waals surface area contributed by atoms with Crippen LogP contribution in [0.25, 0.3) is 22.0 Å². The number of anilines is 1. The van der Waals surface area contributed by atoms with E-state index in [0.29, 0.717) is 28.2 Å². The number of benzene rings is 2. The van der Waals surface area contributed by atoms with Crippen molar-refractivity contribution in [3.63, 3.8) is 0 Å². The number of rotatable bonds is 6. The van der Waals surface area contributed by atoms with Gasteiger partial charge in [-0.1, -0.05) is 47.1 Å². The number of halogens is 1. The fourth-order valence-electron chi connectivity index (χ4n) is 3.67. The first-order chi connectivity index (χ1) is 16.6. The van der Waals surface area contributed by atoms with Crippen molar-refractivity contribution < 1.29 is 9.32 Å². The number of carbonyl (C=O) groups excluding carboxylic acids is 1. The van der Waals surface area contributed by atoms with Crippen LogP contribution in [0.1, 0.15) is 11.3 Å². The molecule has 0 atom stereocenters. The highest BCUT2D eigenvalue weighted by Crippen LogP contribution is 2.24. The monoisotopic (exact) mass is 471 g/mol. The molecule has 168 valence electrons. The Morgan fingerprint density at radius 2 is 1.79 bits per heavy atom. The maximum atomic E-state index is 13.0. The predicted molar refractivity (Wildman–Crippen MR) is 129 cm³/mol. The largest absolute Gasteiger partial charge is 0.338 e. The lowest BCUT2D eigenvalue weighted by Gasteiger charge is -2.11. The summed E-state index contributed by atoms with van der Waals surface area (Å²) in [5.74, 6) is -0.306. The van der Waals surface area contributed by atoms with Crippen molar-refractivity contribution >= 4 is 34.2 Å². The Labute approximate surface area is 198 Å². The van der Waals surface area contributed by atoms with E-state index in [9.17, 15) is 9.59 Å². The van der Waals surface area contributed by atoms with E-state index in [2.05, 4.69) is 20.6 Å². The van der Waals surface area contributed by atoms with Crippen molar-refractivity contribution in [1.82, 2.24) is 19.9 Å². The second-order valence-electron chi connectivity index (χ2n) is 7.62. The molecule has 1 N–H and O–H groups in total. The minimum Gasteiger partial charge on any atom is -0.338 e. The van der Waals surface area contributed by atoms with Crippen molar-refractivity contribution in [3.8, 4) is 11.3 Å². The zero-order chi connectivity index (χ0) is 23.5. The lowest BCUT2D eigenvalue weighted by atomic mass is 10.1. The van der Waals surface area contributed by atoms with Crippen LogP contribution >= 0.6 is 11.6 Å². The number of hydrogen-bond donors (Lipinski definition) is 1. The molecule has 0 unspecified atom stereocenters. The zero-order valence-corrected chi connectivity index (χ0v) is 18.6.